The predicted molar refractivity (Wildman–Crippen MR) is 100 cm³/mol. The van der Waals surface area contributed by atoms with Crippen LogP contribution in [0.5, 0.6) is 5.75 Å². The van der Waals surface area contributed by atoms with E-state index in [-0.39, 0.29) is 11.6 Å². The number of rotatable bonds is 4. The van der Waals surface area contributed by atoms with Crippen LogP contribution < -0.4 is 4.74 Å². The van der Waals surface area contributed by atoms with Gasteiger partial charge in [-0.25, -0.2) is 9.79 Å². The first-order valence-corrected chi connectivity index (χ1v) is 8.42. The average Bonchev–Trinajstić information content (AvgIpc) is 2.96. The van der Waals surface area contributed by atoms with Gasteiger partial charge in [0.1, 0.15) is 5.75 Å². The molecule has 0 saturated carbocycles. The number of ether oxygens (including phenoxy) is 2. The van der Waals surface area contributed by atoms with Crippen molar-refractivity contribution in [1.82, 2.24) is 4.90 Å². The second-order valence-corrected chi connectivity index (χ2v) is 6.52. The van der Waals surface area contributed by atoms with Gasteiger partial charge < -0.3 is 14.4 Å². The van der Waals surface area contributed by atoms with Crippen molar-refractivity contribution in [2.24, 2.45) is 4.99 Å². The van der Waals surface area contributed by atoms with Gasteiger partial charge in [-0.2, -0.15) is 0 Å². The first kappa shape index (κ1) is 17.2. The number of aliphatic imine (C=N–C) groups is 1. The molecule has 128 valence electrons. The Balaban J connectivity index is 2.15. The van der Waals surface area contributed by atoms with E-state index in [2.05, 4.69) is 20.9 Å². The maximum absolute atomic E-state index is 12.5. The van der Waals surface area contributed by atoms with Crippen LogP contribution in [-0.2, 0) is 9.53 Å². The molecule has 0 aromatic heterocycles. The third-order valence-corrected chi connectivity index (χ3v) is 4.20. The summed E-state index contributed by atoms with van der Waals surface area (Å²) in [5.41, 5.74) is 2.47. The van der Waals surface area contributed by atoms with Gasteiger partial charge in [0.25, 0.3) is 0 Å². The fourth-order valence-electron chi connectivity index (χ4n) is 2.63. The first-order chi connectivity index (χ1) is 12.0. The second kappa shape index (κ2) is 7.11. The minimum Gasteiger partial charge on any atom is -0.496 e. The molecule has 1 aliphatic rings. The lowest BCUT2D eigenvalue weighted by atomic mass is 10.1. The van der Waals surface area contributed by atoms with Gasteiger partial charge in [0.05, 0.1) is 18.4 Å². The number of cyclic esters (lactones) is 1. The summed E-state index contributed by atoms with van der Waals surface area (Å²) < 4.78 is 11.7. The average molecular weight is 401 g/mol. The SMILES string of the molecule is COc1ccccc1C1=NC(=C(c2cccc(Br)c2)N(C)C)C(=O)O1. The molecule has 2 aromatic rings. The molecule has 1 aliphatic heterocycles. The van der Waals surface area contributed by atoms with Gasteiger partial charge in [0.15, 0.2) is 5.70 Å². The minimum atomic E-state index is -0.482. The molecule has 6 heteroatoms. The fourth-order valence-corrected chi connectivity index (χ4v) is 3.03. The summed E-state index contributed by atoms with van der Waals surface area (Å²) in [6.45, 7) is 0. The Morgan fingerprint density at radius 3 is 2.60 bits per heavy atom. The summed E-state index contributed by atoms with van der Waals surface area (Å²) in [5.74, 6) is 0.362. The molecule has 0 aliphatic carbocycles. The van der Waals surface area contributed by atoms with Gasteiger partial charge in [-0.05, 0) is 24.3 Å². The van der Waals surface area contributed by atoms with Gasteiger partial charge in [0, 0.05) is 24.1 Å². The Morgan fingerprint density at radius 1 is 1.16 bits per heavy atom. The molecule has 5 nitrogen and oxygen atoms in total. The van der Waals surface area contributed by atoms with Gasteiger partial charge >= 0.3 is 5.97 Å². The number of para-hydroxylation sites is 1. The number of carbonyl (C=O) groups is 1. The lowest BCUT2D eigenvalue weighted by molar-refractivity contribution is -0.130. The number of nitrogens with zero attached hydrogens (tertiary/aromatic N) is 2. The highest BCUT2D eigenvalue weighted by Gasteiger charge is 2.30. The molecule has 25 heavy (non-hydrogen) atoms. The van der Waals surface area contributed by atoms with E-state index in [0.717, 1.165) is 10.0 Å². The molecule has 0 radical (unpaired) electrons. The van der Waals surface area contributed by atoms with Crippen molar-refractivity contribution in [2.75, 3.05) is 21.2 Å². The number of carbonyl (C=O) groups excluding carboxylic acids is 1. The summed E-state index contributed by atoms with van der Waals surface area (Å²) >= 11 is 3.46. The van der Waals surface area contributed by atoms with E-state index < -0.39 is 5.97 Å². The molecule has 0 bridgehead atoms. The van der Waals surface area contributed by atoms with E-state index >= 15 is 0 Å². The van der Waals surface area contributed by atoms with E-state index in [0.29, 0.717) is 17.0 Å². The van der Waals surface area contributed by atoms with E-state index in [1.54, 1.807) is 13.2 Å². The molecule has 0 amide bonds. The highest BCUT2D eigenvalue weighted by molar-refractivity contribution is 9.10. The topological polar surface area (TPSA) is 51.1 Å². The zero-order valence-electron chi connectivity index (χ0n) is 14.1. The van der Waals surface area contributed by atoms with Crippen LogP contribution in [0, 0.1) is 0 Å². The molecule has 0 unspecified atom stereocenters. The van der Waals surface area contributed by atoms with Crippen LogP contribution in [0.25, 0.3) is 5.70 Å². The summed E-state index contributed by atoms with van der Waals surface area (Å²) in [5, 5.41) is 0. The van der Waals surface area contributed by atoms with E-state index in [1.165, 1.54) is 0 Å². The van der Waals surface area contributed by atoms with Crippen molar-refractivity contribution in [3.05, 3.63) is 69.8 Å². The lowest BCUT2D eigenvalue weighted by Gasteiger charge is -2.18. The van der Waals surface area contributed by atoms with Crippen molar-refractivity contribution in [1.29, 1.82) is 0 Å². The van der Waals surface area contributed by atoms with E-state index in [9.17, 15) is 4.79 Å². The minimum absolute atomic E-state index is 0.242. The van der Waals surface area contributed by atoms with Crippen LogP contribution in [0.3, 0.4) is 0 Å². The Labute approximate surface area is 154 Å². The van der Waals surface area contributed by atoms with Crippen molar-refractivity contribution in [3.63, 3.8) is 0 Å². The van der Waals surface area contributed by atoms with Gasteiger partial charge in [0.2, 0.25) is 5.90 Å². The van der Waals surface area contributed by atoms with Crippen molar-refractivity contribution >= 4 is 33.5 Å². The second-order valence-electron chi connectivity index (χ2n) is 5.61. The number of benzene rings is 2. The van der Waals surface area contributed by atoms with E-state index in [1.807, 2.05) is 61.5 Å². The van der Waals surface area contributed by atoms with E-state index in [4.69, 9.17) is 9.47 Å². The van der Waals surface area contributed by atoms with Crippen LogP contribution in [-0.4, -0.2) is 38.0 Å². The number of methoxy groups -OCH3 is 1. The van der Waals surface area contributed by atoms with Crippen molar-refractivity contribution < 1.29 is 14.3 Å². The quantitative estimate of drug-likeness (QED) is 0.579. The summed E-state index contributed by atoms with van der Waals surface area (Å²) in [7, 11) is 5.31. The number of hydrogen-bond acceptors (Lipinski definition) is 5. The van der Waals surface area contributed by atoms with Gasteiger partial charge in [-0.15, -0.1) is 0 Å². The molecule has 0 fully saturated rings. The third-order valence-electron chi connectivity index (χ3n) is 3.70. The maximum atomic E-state index is 12.5. The normalized spacial score (nSPS) is 15.5. The molecule has 0 spiro atoms. The van der Waals surface area contributed by atoms with Crippen LogP contribution in [0.1, 0.15) is 11.1 Å². The van der Waals surface area contributed by atoms with Crippen LogP contribution in [0.4, 0.5) is 0 Å². The van der Waals surface area contributed by atoms with Crippen LogP contribution >= 0.6 is 15.9 Å². The number of halogens is 1. The van der Waals surface area contributed by atoms with Crippen molar-refractivity contribution in [3.8, 4) is 5.75 Å². The summed E-state index contributed by atoms with van der Waals surface area (Å²) in [4.78, 5) is 18.8. The molecule has 0 atom stereocenters. The maximum Gasteiger partial charge on any atom is 0.366 e. The summed E-state index contributed by atoms with van der Waals surface area (Å²) in [6.07, 6.45) is 0. The number of hydrogen-bond donors (Lipinski definition) is 0. The highest BCUT2D eigenvalue weighted by Crippen LogP contribution is 2.30. The Bertz CT molecular complexity index is 888. The molecule has 1 heterocycles. The molecule has 0 N–H and O–H groups in total. The van der Waals surface area contributed by atoms with Crippen LogP contribution in [0.2, 0.25) is 0 Å². The molecular weight excluding hydrogens is 384 g/mol. The lowest BCUT2D eigenvalue weighted by Crippen LogP contribution is -2.15. The predicted octanol–water partition coefficient (Wildman–Crippen LogP) is 3.69. The van der Waals surface area contributed by atoms with Gasteiger partial charge in [-0.3, -0.25) is 0 Å². The standard InChI is InChI=1S/C19H17BrN2O3/c1-22(2)17(12-7-6-8-13(20)11-12)16-19(23)25-18(21-16)14-9-4-5-10-15(14)24-3/h4-11H,1-3H3. The fraction of sp³-hybridized carbons (Fsp3) is 0.158. The molecule has 0 saturated heterocycles. The first-order valence-electron chi connectivity index (χ1n) is 7.63. The zero-order chi connectivity index (χ0) is 18.0. The Hall–Kier alpha value is -2.60. The molecular formula is C19H17BrN2O3. The molecule has 3 rings (SSSR count). The molecule has 2 aromatic carbocycles. The third kappa shape index (κ3) is 3.44. The summed E-state index contributed by atoms with van der Waals surface area (Å²) in [6, 6.07) is 15.0. The smallest absolute Gasteiger partial charge is 0.366 e. The monoisotopic (exact) mass is 400 g/mol. The Kier molecular flexibility index (Phi) is 4.90. The zero-order valence-corrected chi connectivity index (χ0v) is 15.7. The number of esters is 1. The van der Waals surface area contributed by atoms with Crippen LogP contribution in [0.15, 0.2) is 63.7 Å². The Morgan fingerprint density at radius 2 is 1.92 bits per heavy atom. The largest absolute Gasteiger partial charge is 0.496 e. The van der Waals surface area contributed by atoms with Gasteiger partial charge in [-0.1, -0.05) is 40.2 Å². The van der Waals surface area contributed by atoms with Crippen molar-refractivity contribution in [2.45, 2.75) is 0 Å². The highest BCUT2D eigenvalue weighted by atomic mass is 79.9.